The van der Waals surface area contributed by atoms with Crippen molar-refractivity contribution in [2.75, 3.05) is 40.0 Å². The normalized spacial score (nSPS) is 22.4. The number of thioether (sulfide) groups is 1. The first kappa shape index (κ1) is 15.7. The van der Waals surface area contributed by atoms with Crippen LogP contribution in [0.15, 0.2) is 23.1 Å². The second-order valence-electron chi connectivity index (χ2n) is 6.10. The van der Waals surface area contributed by atoms with Crippen molar-refractivity contribution < 1.29 is 4.74 Å². The molecule has 0 bridgehead atoms. The monoisotopic (exact) mass is 294 g/mol. The number of nitrogens with zero attached hydrogens (tertiary/aromatic N) is 1. The Balaban J connectivity index is 1.98. The molecular weight excluding hydrogens is 268 g/mol. The molecule has 1 heterocycles. The molecule has 0 spiro atoms. The molecule has 0 amide bonds. The summed E-state index contributed by atoms with van der Waals surface area (Å²) < 4.78 is 5.46. The first-order valence-electron chi connectivity index (χ1n) is 7.16. The van der Waals surface area contributed by atoms with Crippen LogP contribution in [0.25, 0.3) is 0 Å². The van der Waals surface area contributed by atoms with E-state index in [9.17, 15) is 0 Å². The Morgan fingerprint density at radius 2 is 2.25 bits per heavy atom. The van der Waals surface area contributed by atoms with Crippen LogP contribution in [0.4, 0.5) is 0 Å². The molecule has 4 heteroatoms. The van der Waals surface area contributed by atoms with Crippen molar-refractivity contribution in [1.29, 1.82) is 0 Å². The van der Waals surface area contributed by atoms with Gasteiger partial charge in [-0.25, -0.2) is 0 Å². The van der Waals surface area contributed by atoms with Gasteiger partial charge in [-0.3, -0.25) is 0 Å². The molecule has 1 saturated heterocycles. The van der Waals surface area contributed by atoms with E-state index in [1.165, 1.54) is 16.9 Å². The molecule has 20 heavy (non-hydrogen) atoms. The van der Waals surface area contributed by atoms with Gasteiger partial charge in [0.1, 0.15) is 5.75 Å². The van der Waals surface area contributed by atoms with E-state index in [0.29, 0.717) is 5.41 Å². The van der Waals surface area contributed by atoms with E-state index in [0.717, 1.165) is 31.9 Å². The van der Waals surface area contributed by atoms with Gasteiger partial charge in [0.25, 0.3) is 0 Å². The molecule has 1 aromatic rings. The van der Waals surface area contributed by atoms with Gasteiger partial charge in [-0.05, 0) is 49.4 Å². The zero-order chi connectivity index (χ0) is 14.6. The Hall–Kier alpha value is -0.710. The summed E-state index contributed by atoms with van der Waals surface area (Å²) in [5, 5.41) is 3.47. The summed E-state index contributed by atoms with van der Waals surface area (Å²) in [6.45, 7) is 6.76. The second kappa shape index (κ2) is 6.83. The molecule has 112 valence electrons. The quantitative estimate of drug-likeness (QED) is 0.816. The third kappa shape index (κ3) is 3.90. The Morgan fingerprint density at radius 3 is 2.85 bits per heavy atom. The van der Waals surface area contributed by atoms with E-state index in [2.05, 4.69) is 48.6 Å². The SMILES string of the molecule is COc1cc(CN(C)CC2(C)CCNC2)ccc1SC. The molecule has 0 aromatic heterocycles. The van der Waals surface area contributed by atoms with Crippen molar-refractivity contribution in [3.05, 3.63) is 23.8 Å². The molecule has 1 aromatic carbocycles. The molecule has 1 fully saturated rings. The van der Waals surface area contributed by atoms with E-state index < -0.39 is 0 Å². The lowest BCUT2D eigenvalue weighted by Gasteiger charge is -2.29. The number of hydrogen-bond acceptors (Lipinski definition) is 4. The summed E-state index contributed by atoms with van der Waals surface area (Å²) in [5.41, 5.74) is 1.73. The van der Waals surface area contributed by atoms with Gasteiger partial charge in [-0.1, -0.05) is 13.0 Å². The van der Waals surface area contributed by atoms with Gasteiger partial charge < -0.3 is 15.0 Å². The molecule has 2 rings (SSSR count). The zero-order valence-electron chi connectivity index (χ0n) is 13.0. The Morgan fingerprint density at radius 1 is 1.45 bits per heavy atom. The van der Waals surface area contributed by atoms with Crippen molar-refractivity contribution in [3.63, 3.8) is 0 Å². The maximum absolute atomic E-state index is 5.46. The first-order chi connectivity index (χ1) is 9.56. The largest absolute Gasteiger partial charge is 0.496 e. The smallest absolute Gasteiger partial charge is 0.132 e. The van der Waals surface area contributed by atoms with Gasteiger partial charge in [-0.15, -0.1) is 11.8 Å². The summed E-state index contributed by atoms with van der Waals surface area (Å²) in [5.74, 6) is 0.983. The van der Waals surface area contributed by atoms with Crippen LogP contribution in [0.2, 0.25) is 0 Å². The average molecular weight is 294 g/mol. The molecule has 3 nitrogen and oxygen atoms in total. The van der Waals surface area contributed by atoms with E-state index in [-0.39, 0.29) is 0 Å². The van der Waals surface area contributed by atoms with Crippen molar-refractivity contribution in [2.45, 2.75) is 24.8 Å². The number of hydrogen-bond donors (Lipinski definition) is 1. The average Bonchev–Trinajstić information content (AvgIpc) is 2.84. The lowest BCUT2D eigenvalue weighted by molar-refractivity contribution is 0.203. The van der Waals surface area contributed by atoms with E-state index in [1.54, 1.807) is 18.9 Å². The Labute approximate surface area is 127 Å². The zero-order valence-corrected chi connectivity index (χ0v) is 13.8. The van der Waals surface area contributed by atoms with Crippen LogP contribution in [-0.4, -0.2) is 44.9 Å². The minimum Gasteiger partial charge on any atom is -0.496 e. The molecule has 0 aliphatic carbocycles. The number of ether oxygens (including phenoxy) is 1. The summed E-state index contributed by atoms with van der Waals surface area (Å²) >= 11 is 1.73. The highest BCUT2D eigenvalue weighted by atomic mass is 32.2. The summed E-state index contributed by atoms with van der Waals surface area (Å²) in [7, 11) is 3.95. The minimum atomic E-state index is 0.415. The molecule has 0 saturated carbocycles. The van der Waals surface area contributed by atoms with Crippen molar-refractivity contribution in [2.24, 2.45) is 5.41 Å². The number of rotatable bonds is 6. The van der Waals surface area contributed by atoms with Crippen LogP contribution >= 0.6 is 11.8 Å². The fraction of sp³-hybridized carbons (Fsp3) is 0.625. The molecule has 0 radical (unpaired) electrons. The first-order valence-corrected chi connectivity index (χ1v) is 8.39. The summed E-state index contributed by atoms with van der Waals surface area (Å²) in [6, 6.07) is 6.53. The molecule has 1 unspecified atom stereocenters. The Bertz CT molecular complexity index is 444. The summed E-state index contributed by atoms with van der Waals surface area (Å²) in [4.78, 5) is 3.62. The molecule has 1 aliphatic rings. The van der Waals surface area contributed by atoms with E-state index in [4.69, 9.17) is 4.74 Å². The topological polar surface area (TPSA) is 24.5 Å². The predicted molar refractivity (Wildman–Crippen MR) is 86.7 cm³/mol. The maximum Gasteiger partial charge on any atom is 0.132 e. The minimum absolute atomic E-state index is 0.415. The van der Waals surface area contributed by atoms with Crippen LogP contribution in [-0.2, 0) is 6.54 Å². The van der Waals surface area contributed by atoms with E-state index in [1.807, 2.05) is 0 Å². The number of nitrogens with one attached hydrogen (secondary N) is 1. The molecular formula is C16H26N2OS. The van der Waals surface area contributed by atoms with Gasteiger partial charge in [0, 0.05) is 24.5 Å². The highest BCUT2D eigenvalue weighted by molar-refractivity contribution is 7.98. The lowest BCUT2D eigenvalue weighted by Crippen LogP contribution is -2.34. The van der Waals surface area contributed by atoms with Crippen molar-refractivity contribution >= 4 is 11.8 Å². The highest BCUT2D eigenvalue weighted by Gasteiger charge is 2.29. The van der Waals surface area contributed by atoms with Crippen LogP contribution in [0.5, 0.6) is 5.75 Å². The van der Waals surface area contributed by atoms with Gasteiger partial charge in [0.05, 0.1) is 7.11 Å². The van der Waals surface area contributed by atoms with Crippen molar-refractivity contribution in [1.82, 2.24) is 10.2 Å². The molecule has 1 atom stereocenters. The Kier molecular flexibility index (Phi) is 5.35. The third-order valence-corrected chi connectivity index (χ3v) is 4.79. The van der Waals surface area contributed by atoms with Gasteiger partial charge >= 0.3 is 0 Å². The van der Waals surface area contributed by atoms with E-state index >= 15 is 0 Å². The predicted octanol–water partition coefficient (Wildman–Crippen LogP) is 2.85. The lowest BCUT2D eigenvalue weighted by atomic mass is 9.89. The number of methoxy groups -OCH3 is 1. The van der Waals surface area contributed by atoms with Gasteiger partial charge in [0.15, 0.2) is 0 Å². The van der Waals surface area contributed by atoms with Crippen LogP contribution in [0.1, 0.15) is 18.9 Å². The third-order valence-electron chi connectivity index (χ3n) is 4.01. The van der Waals surface area contributed by atoms with Crippen LogP contribution in [0, 0.1) is 5.41 Å². The maximum atomic E-state index is 5.46. The van der Waals surface area contributed by atoms with Gasteiger partial charge in [-0.2, -0.15) is 0 Å². The standard InChI is InChI=1S/C16H26N2OS/c1-16(7-8-17-11-16)12-18(2)10-13-5-6-15(20-4)14(9-13)19-3/h5-6,9,17H,7-8,10-12H2,1-4H3. The van der Waals surface area contributed by atoms with Crippen LogP contribution in [0.3, 0.4) is 0 Å². The fourth-order valence-corrected chi connectivity index (χ4v) is 3.55. The number of benzene rings is 1. The highest BCUT2D eigenvalue weighted by Crippen LogP contribution is 2.29. The second-order valence-corrected chi connectivity index (χ2v) is 6.95. The molecule has 1 N–H and O–H groups in total. The fourth-order valence-electron chi connectivity index (χ4n) is 3.00. The summed E-state index contributed by atoms with van der Waals surface area (Å²) in [6.07, 6.45) is 3.35. The van der Waals surface area contributed by atoms with Gasteiger partial charge in [0.2, 0.25) is 0 Å². The van der Waals surface area contributed by atoms with Crippen LogP contribution < -0.4 is 10.1 Å². The van der Waals surface area contributed by atoms with Crippen molar-refractivity contribution in [3.8, 4) is 5.75 Å². The molecule has 1 aliphatic heterocycles.